The highest BCUT2D eigenvalue weighted by atomic mass is 19.2. The van der Waals surface area contributed by atoms with E-state index in [1.165, 1.54) is 48.8 Å². The Balaban J connectivity index is 1.68. The van der Waals surface area contributed by atoms with E-state index in [4.69, 9.17) is 0 Å². The van der Waals surface area contributed by atoms with Crippen LogP contribution in [0.5, 0.6) is 0 Å². The normalized spacial score (nSPS) is 11.3. The predicted molar refractivity (Wildman–Crippen MR) is 184 cm³/mol. The molecule has 7 aromatic rings. The molecular formula is C42H24F8N2. The van der Waals surface area contributed by atoms with Gasteiger partial charge in [-0.1, -0.05) is 60.7 Å². The molecule has 2 aromatic heterocycles. The number of aromatic nitrogens is 2. The van der Waals surface area contributed by atoms with E-state index in [9.17, 15) is 0 Å². The summed E-state index contributed by atoms with van der Waals surface area (Å²) in [6.07, 6.45) is 4.84. The van der Waals surface area contributed by atoms with Crippen LogP contribution in [-0.2, 0) is 0 Å². The van der Waals surface area contributed by atoms with Crippen molar-refractivity contribution >= 4 is 0 Å². The van der Waals surface area contributed by atoms with Gasteiger partial charge >= 0.3 is 0 Å². The summed E-state index contributed by atoms with van der Waals surface area (Å²) >= 11 is 0. The van der Waals surface area contributed by atoms with E-state index < -0.39 is 68.8 Å². The Morgan fingerprint density at radius 2 is 0.712 bits per heavy atom. The first-order valence-electron chi connectivity index (χ1n) is 15.8. The Morgan fingerprint density at radius 3 is 1.06 bits per heavy atom. The fraction of sp³-hybridized carbons (Fsp3) is 0.0476. The molecule has 5 aromatic carbocycles. The first-order chi connectivity index (χ1) is 25.0. The van der Waals surface area contributed by atoms with Crippen LogP contribution in [0, 0.1) is 60.4 Å². The topological polar surface area (TPSA) is 25.8 Å². The molecule has 0 saturated heterocycles. The second-order valence-corrected chi connectivity index (χ2v) is 12.1. The number of pyridine rings is 2. The molecule has 0 aliphatic rings. The Morgan fingerprint density at radius 1 is 0.346 bits per heavy atom. The Labute approximate surface area is 292 Å². The van der Waals surface area contributed by atoms with Crippen LogP contribution in [0.3, 0.4) is 0 Å². The van der Waals surface area contributed by atoms with Crippen molar-refractivity contribution in [3.8, 4) is 66.8 Å². The summed E-state index contributed by atoms with van der Waals surface area (Å²) in [5.41, 5.74) is -3.23. The number of hydrogen-bond donors (Lipinski definition) is 0. The van der Waals surface area contributed by atoms with Gasteiger partial charge in [-0.3, -0.25) is 9.97 Å². The molecule has 0 unspecified atom stereocenters. The maximum absolute atomic E-state index is 16.8. The zero-order chi connectivity index (χ0) is 36.8. The molecule has 0 atom stereocenters. The Bertz CT molecular complexity index is 2340. The molecule has 2 heterocycles. The van der Waals surface area contributed by atoms with Gasteiger partial charge in [-0.15, -0.1) is 0 Å². The van der Waals surface area contributed by atoms with E-state index in [1.54, 1.807) is 62.4 Å². The Kier molecular flexibility index (Phi) is 8.92. The highest BCUT2D eigenvalue weighted by Gasteiger charge is 2.33. The Hall–Kier alpha value is -6.16. The van der Waals surface area contributed by atoms with Crippen molar-refractivity contribution in [3.05, 3.63) is 167 Å². The summed E-state index contributed by atoms with van der Waals surface area (Å²) in [6, 6.07) is 20.6. The van der Waals surface area contributed by atoms with Crippen molar-refractivity contribution in [2.24, 2.45) is 0 Å². The lowest BCUT2D eigenvalue weighted by atomic mass is 9.82. The quantitative estimate of drug-likeness (QED) is 0.0976. The van der Waals surface area contributed by atoms with E-state index in [-0.39, 0.29) is 44.5 Å². The van der Waals surface area contributed by atoms with E-state index in [0.29, 0.717) is 11.1 Å². The number of halogens is 8. The fourth-order valence-electron chi connectivity index (χ4n) is 6.48. The van der Waals surface area contributed by atoms with Crippen LogP contribution >= 0.6 is 0 Å². The van der Waals surface area contributed by atoms with Gasteiger partial charge in [0, 0.05) is 35.9 Å². The molecule has 52 heavy (non-hydrogen) atoms. The summed E-state index contributed by atoms with van der Waals surface area (Å²) in [7, 11) is 0. The van der Waals surface area contributed by atoms with Gasteiger partial charge in [-0.05, 0) is 82.6 Å². The minimum Gasteiger partial charge on any atom is -0.264 e. The zero-order valence-electron chi connectivity index (χ0n) is 27.3. The molecule has 2 nitrogen and oxygen atoms in total. The largest absolute Gasteiger partial charge is 0.264 e. The lowest BCUT2D eigenvalue weighted by Gasteiger charge is -2.22. The lowest BCUT2D eigenvalue weighted by Crippen LogP contribution is -2.07. The molecule has 7 rings (SSSR count). The highest BCUT2D eigenvalue weighted by Crippen LogP contribution is 2.49. The molecule has 0 saturated carbocycles. The van der Waals surface area contributed by atoms with Crippen LogP contribution in [0.2, 0.25) is 0 Å². The second-order valence-electron chi connectivity index (χ2n) is 12.1. The standard InChI is InChI=1S/C42H24F8N2/c1-21-9-3-5-13-25(21)27-17-30(34-36(44)32(24-12-8-16-52-20-24)38(46)42(50)40(34)48)28(26-14-6-4-10-22(26)2)18-29(27)33-35(43)31(23-11-7-15-51-19-23)37(45)41(49)39(33)47/h3-20H,1-2H3. The summed E-state index contributed by atoms with van der Waals surface area (Å²) in [6.45, 7) is 3.32. The van der Waals surface area contributed by atoms with Crippen molar-refractivity contribution < 1.29 is 35.1 Å². The average Bonchev–Trinajstić information content (AvgIpc) is 3.15. The SMILES string of the molecule is Cc1ccccc1-c1cc(-c2c(F)c(F)c(F)c(-c3cccnc3)c2F)c(-c2ccccc2C)cc1-c1c(F)c(F)c(F)c(-c2cccnc2)c1F. The third-order valence-electron chi connectivity index (χ3n) is 8.99. The van der Waals surface area contributed by atoms with Gasteiger partial charge in [-0.2, -0.15) is 0 Å². The smallest absolute Gasteiger partial charge is 0.195 e. The third kappa shape index (κ3) is 5.60. The minimum atomic E-state index is -1.97. The van der Waals surface area contributed by atoms with Gasteiger partial charge in [0.25, 0.3) is 0 Å². The number of rotatable bonds is 6. The molecule has 0 aliphatic carbocycles. The second kappa shape index (κ2) is 13.5. The molecule has 0 aliphatic heterocycles. The molecule has 10 heteroatoms. The number of hydrogen-bond acceptors (Lipinski definition) is 2. The number of nitrogens with zero attached hydrogens (tertiary/aromatic N) is 2. The summed E-state index contributed by atoms with van der Waals surface area (Å²) in [4.78, 5) is 7.72. The van der Waals surface area contributed by atoms with E-state index in [0.717, 1.165) is 12.4 Å². The number of aryl methyl sites for hydroxylation is 2. The molecule has 0 radical (unpaired) electrons. The van der Waals surface area contributed by atoms with Gasteiger partial charge in [-0.25, -0.2) is 35.1 Å². The van der Waals surface area contributed by atoms with Crippen molar-refractivity contribution in [2.75, 3.05) is 0 Å². The molecular weight excluding hydrogens is 684 g/mol. The maximum atomic E-state index is 16.8. The molecule has 0 fully saturated rings. The molecule has 258 valence electrons. The van der Waals surface area contributed by atoms with E-state index in [1.807, 2.05) is 0 Å². The highest BCUT2D eigenvalue weighted by molar-refractivity contribution is 5.98. The monoisotopic (exact) mass is 708 g/mol. The fourth-order valence-corrected chi connectivity index (χ4v) is 6.48. The van der Waals surface area contributed by atoms with Crippen molar-refractivity contribution in [1.82, 2.24) is 9.97 Å². The molecule has 0 bridgehead atoms. The molecule has 0 spiro atoms. The van der Waals surface area contributed by atoms with E-state index >= 15 is 35.1 Å². The van der Waals surface area contributed by atoms with E-state index in [2.05, 4.69) is 9.97 Å². The van der Waals surface area contributed by atoms with Crippen molar-refractivity contribution in [1.29, 1.82) is 0 Å². The van der Waals surface area contributed by atoms with Gasteiger partial charge in [0.1, 0.15) is 11.6 Å². The van der Waals surface area contributed by atoms with Crippen molar-refractivity contribution in [3.63, 3.8) is 0 Å². The van der Waals surface area contributed by atoms with Gasteiger partial charge in [0.05, 0.1) is 22.3 Å². The third-order valence-corrected chi connectivity index (χ3v) is 8.99. The molecule has 0 N–H and O–H groups in total. The van der Waals surface area contributed by atoms with Gasteiger partial charge in [0.2, 0.25) is 0 Å². The minimum absolute atomic E-state index is 0.0714. The number of benzene rings is 5. The van der Waals surface area contributed by atoms with Crippen LogP contribution in [0.25, 0.3) is 66.8 Å². The van der Waals surface area contributed by atoms with Crippen LogP contribution < -0.4 is 0 Å². The molecule has 0 amide bonds. The maximum Gasteiger partial charge on any atom is 0.195 e. The van der Waals surface area contributed by atoms with Gasteiger partial charge in [0.15, 0.2) is 34.9 Å². The predicted octanol–water partition coefficient (Wildman–Crippen LogP) is 12.2. The lowest BCUT2D eigenvalue weighted by molar-refractivity contribution is 0.439. The van der Waals surface area contributed by atoms with Crippen LogP contribution in [-0.4, -0.2) is 9.97 Å². The average molecular weight is 709 g/mol. The summed E-state index contributed by atoms with van der Waals surface area (Å²) in [5.74, 6) is -14.1. The summed E-state index contributed by atoms with van der Waals surface area (Å²) < 4.78 is 128. The zero-order valence-corrected chi connectivity index (χ0v) is 27.3. The van der Waals surface area contributed by atoms with Crippen LogP contribution in [0.4, 0.5) is 35.1 Å². The van der Waals surface area contributed by atoms with Crippen molar-refractivity contribution in [2.45, 2.75) is 13.8 Å². The van der Waals surface area contributed by atoms with Gasteiger partial charge < -0.3 is 0 Å². The first-order valence-corrected chi connectivity index (χ1v) is 15.8. The van der Waals surface area contributed by atoms with Crippen LogP contribution in [0.1, 0.15) is 11.1 Å². The summed E-state index contributed by atoms with van der Waals surface area (Å²) in [5, 5.41) is 0. The first kappa shape index (κ1) is 34.3. The van der Waals surface area contributed by atoms with Crippen LogP contribution in [0.15, 0.2) is 110 Å².